The summed E-state index contributed by atoms with van der Waals surface area (Å²) in [4.78, 5) is 0. The van der Waals surface area contributed by atoms with Gasteiger partial charge in [0.25, 0.3) is 0 Å². The fourth-order valence-electron chi connectivity index (χ4n) is 1.92. The van der Waals surface area contributed by atoms with E-state index in [-0.39, 0.29) is 0 Å². The Morgan fingerprint density at radius 2 is 2.38 bits per heavy atom. The van der Waals surface area contributed by atoms with Crippen LogP contribution < -0.4 is 5.32 Å². The molecule has 1 aliphatic heterocycles. The van der Waals surface area contributed by atoms with Crippen LogP contribution in [0.2, 0.25) is 0 Å². The Kier molecular flexibility index (Phi) is 2.11. The molecule has 1 aromatic carbocycles. The van der Waals surface area contributed by atoms with E-state index in [1.165, 1.54) is 0 Å². The van der Waals surface area contributed by atoms with Crippen molar-refractivity contribution in [1.82, 2.24) is 10.2 Å². The fraction of sp³-hybridized carbons (Fsp3) is 0.417. The third-order valence-electron chi connectivity index (χ3n) is 3.06. The van der Waals surface area contributed by atoms with E-state index in [4.69, 9.17) is 4.74 Å². The number of anilines is 1. The van der Waals surface area contributed by atoms with Gasteiger partial charge in [-0.15, -0.1) is 0 Å². The van der Waals surface area contributed by atoms with Crippen molar-refractivity contribution in [2.75, 3.05) is 25.1 Å². The lowest BCUT2D eigenvalue weighted by Gasteiger charge is -2.38. The fourth-order valence-corrected chi connectivity index (χ4v) is 1.92. The molecule has 0 spiro atoms. The topological polar surface area (TPSA) is 49.9 Å². The van der Waals surface area contributed by atoms with E-state index in [0.717, 1.165) is 36.3 Å². The molecule has 0 atom stereocenters. The van der Waals surface area contributed by atoms with E-state index < -0.39 is 0 Å². The van der Waals surface area contributed by atoms with Crippen molar-refractivity contribution in [3.05, 3.63) is 24.4 Å². The van der Waals surface area contributed by atoms with E-state index in [1.807, 2.05) is 6.20 Å². The SMILES string of the molecule is CC1(CNc2ccc3cn[nH]c3c2)COC1. The summed E-state index contributed by atoms with van der Waals surface area (Å²) in [5, 5.41) is 11.6. The average Bonchev–Trinajstić information content (AvgIpc) is 2.70. The number of benzene rings is 1. The Morgan fingerprint density at radius 3 is 3.12 bits per heavy atom. The maximum Gasteiger partial charge on any atom is 0.0670 e. The van der Waals surface area contributed by atoms with Gasteiger partial charge in [-0.3, -0.25) is 5.10 Å². The van der Waals surface area contributed by atoms with Crippen LogP contribution in [-0.2, 0) is 4.74 Å². The first kappa shape index (κ1) is 9.66. The highest BCUT2D eigenvalue weighted by Crippen LogP contribution is 2.27. The van der Waals surface area contributed by atoms with Crippen molar-refractivity contribution >= 4 is 16.6 Å². The summed E-state index contributed by atoms with van der Waals surface area (Å²) in [7, 11) is 0. The lowest BCUT2D eigenvalue weighted by Crippen LogP contribution is -2.45. The third kappa shape index (κ3) is 1.65. The minimum atomic E-state index is 0.295. The normalized spacial score (nSPS) is 18.3. The van der Waals surface area contributed by atoms with Crippen molar-refractivity contribution in [1.29, 1.82) is 0 Å². The summed E-state index contributed by atoms with van der Waals surface area (Å²) in [6.45, 7) is 4.89. The van der Waals surface area contributed by atoms with Gasteiger partial charge in [0.1, 0.15) is 0 Å². The van der Waals surface area contributed by atoms with E-state index in [1.54, 1.807) is 0 Å². The standard InChI is InChI=1S/C12H15N3O/c1-12(7-16-8-12)6-13-10-3-2-9-5-14-15-11(9)4-10/h2-5,13H,6-8H2,1H3,(H,14,15). The minimum absolute atomic E-state index is 0.295. The molecule has 4 heteroatoms. The Hall–Kier alpha value is -1.55. The molecule has 2 N–H and O–H groups in total. The number of fused-ring (bicyclic) bond motifs is 1. The molecule has 1 saturated heterocycles. The zero-order valence-electron chi connectivity index (χ0n) is 9.29. The Bertz CT molecular complexity index is 502. The highest BCUT2D eigenvalue weighted by Gasteiger charge is 2.32. The Morgan fingerprint density at radius 1 is 1.50 bits per heavy atom. The van der Waals surface area contributed by atoms with Crippen LogP contribution in [0.5, 0.6) is 0 Å². The molecule has 1 aromatic heterocycles. The van der Waals surface area contributed by atoms with Gasteiger partial charge in [-0.1, -0.05) is 6.92 Å². The van der Waals surface area contributed by atoms with Gasteiger partial charge in [-0.05, 0) is 18.2 Å². The van der Waals surface area contributed by atoms with Gasteiger partial charge in [-0.25, -0.2) is 0 Å². The molecule has 0 aliphatic carbocycles. The van der Waals surface area contributed by atoms with Gasteiger partial charge in [0.15, 0.2) is 0 Å². The molecular formula is C12H15N3O. The molecule has 84 valence electrons. The summed E-state index contributed by atoms with van der Waals surface area (Å²) < 4.78 is 5.23. The van der Waals surface area contributed by atoms with Crippen LogP contribution in [0.1, 0.15) is 6.92 Å². The quantitative estimate of drug-likeness (QED) is 0.826. The molecule has 0 saturated carbocycles. The second-order valence-electron chi connectivity index (χ2n) is 4.83. The molecule has 16 heavy (non-hydrogen) atoms. The summed E-state index contributed by atoms with van der Waals surface area (Å²) in [6.07, 6.45) is 1.83. The lowest BCUT2D eigenvalue weighted by atomic mass is 9.89. The Labute approximate surface area is 94.0 Å². The van der Waals surface area contributed by atoms with Crippen LogP contribution >= 0.6 is 0 Å². The lowest BCUT2D eigenvalue weighted by molar-refractivity contribution is -0.0924. The predicted molar refractivity (Wildman–Crippen MR) is 63.5 cm³/mol. The number of nitrogens with zero attached hydrogens (tertiary/aromatic N) is 1. The summed E-state index contributed by atoms with van der Waals surface area (Å²) in [5.41, 5.74) is 2.49. The predicted octanol–water partition coefficient (Wildman–Crippen LogP) is 2.01. The van der Waals surface area contributed by atoms with Crippen LogP contribution in [0.3, 0.4) is 0 Å². The number of ether oxygens (including phenoxy) is 1. The first-order valence-electron chi connectivity index (χ1n) is 5.50. The number of hydrogen-bond acceptors (Lipinski definition) is 3. The van der Waals surface area contributed by atoms with Gasteiger partial charge < -0.3 is 10.1 Å². The number of rotatable bonds is 3. The monoisotopic (exact) mass is 217 g/mol. The third-order valence-corrected chi connectivity index (χ3v) is 3.06. The number of aromatic amines is 1. The second kappa shape index (κ2) is 3.49. The highest BCUT2D eigenvalue weighted by molar-refractivity contribution is 5.81. The molecular weight excluding hydrogens is 202 g/mol. The first-order chi connectivity index (χ1) is 7.75. The van der Waals surface area contributed by atoms with E-state index in [0.29, 0.717) is 5.41 Å². The largest absolute Gasteiger partial charge is 0.384 e. The van der Waals surface area contributed by atoms with Gasteiger partial charge in [-0.2, -0.15) is 5.10 Å². The molecule has 1 fully saturated rings. The highest BCUT2D eigenvalue weighted by atomic mass is 16.5. The van der Waals surface area contributed by atoms with E-state index in [9.17, 15) is 0 Å². The van der Waals surface area contributed by atoms with Crippen molar-refractivity contribution in [2.45, 2.75) is 6.92 Å². The van der Waals surface area contributed by atoms with Crippen LogP contribution in [0.25, 0.3) is 10.9 Å². The number of H-pyrrole nitrogens is 1. The summed E-state index contributed by atoms with van der Waals surface area (Å²) in [6, 6.07) is 6.24. The van der Waals surface area contributed by atoms with Gasteiger partial charge in [0.05, 0.1) is 24.9 Å². The smallest absolute Gasteiger partial charge is 0.0670 e. The second-order valence-corrected chi connectivity index (χ2v) is 4.83. The molecule has 0 unspecified atom stereocenters. The zero-order chi connectivity index (χ0) is 11.0. The summed E-state index contributed by atoms with van der Waals surface area (Å²) in [5.74, 6) is 0. The zero-order valence-corrected chi connectivity index (χ0v) is 9.29. The van der Waals surface area contributed by atoms with Crippen LogP contribution in [0.4, 0.5) is 5.69 Å². The molecule has 0 radical (unpaired) electrons. The van der Waals surface area contributed by atoms with Gasteiger partial charge in [0.2, 0.25) is 0 Å². The van der Waals surface area contributed by atoms with Crippen molar-refractivity contribution in [3.63, 3.8) is 0 Å². The van der Waals surface area contributed by atoms with E-state index >= 15 is 0 Å². The number of hydrogen-bond donors (Lipinski definition) is 2. The van der Waals surface area contributed by atoms with E-state index in [2.05, 4.69) is 40.6 Å². The minimum Gasteiger partial charge on any atom is -0.384 e. The summed E-state index contributed by atoms with van der Waals surface area (Å²) >= 11 is 0. The molecule has 1 aliphatic rings. The van der Waals surface area contributed by atoms with Crippen molar-refractivity contribution in [3.8, 4) is 0 Å². The molecule has 2 heterocycles. The molecule has 0 amide bonds. The van der Waals surface area contributed by atoms with Gasteiger partial charge >= 0.3 is 0 Å². The molecule has 2 aromatic rings. The van der Waals surface area contributed by atoms with Gasteiger partial charge in [0, 0.05) is 23.0 Å². The van der Waals surface area contributed by atoms with Crippen LogP contribution in [-0.4, -0.2) is 30.0 Å². The maximum absolute atomic E-state index is 5.23. The first-order valence-corrected chi connectivity index (χ1v) is 5.50. The maximum atomic E-state index is 5.23. The molecule has 0 bridgehead atoms. The molecule has 4 nitrogen and oxygen atoms in total. The number of aromatic nitrogens is 2. The average molecular weight is 217 g/mol. The Balaban J connectivity index is 1.73. The van der Waals surface area contributed by atoms with Crippen LogP contribution in [0, 0.1) is 5.41 Å². The van der Waals surface area contributed by atoms with Crippen molar-refractivity contribution in [2.24, 2.45) is 5.41 Å². The number of nitrogens with one attached hydrogen (secondary N) is 2. The molecule has 3 rings (SSSR count). The van der Waals surface area contributed by atoms with Crippen LogP contribution in [0.15, 0.2) is 24.4 Å². The van der Waals surface area contributed by atoms with Crippen molar-refractivity contribution < 1.29 is 4.74 Å².